The Labute approximate surface area is 157 Å². The Morgan fingerprint density at radius 1 is 1.30 bits per heavy atom. The van der Waals surface area contributed by atoms with Crippen molar-refractivity contribution in [1.82, 2.24) is 15.4 Å². The molecule has 1 aliphatic rings. The Hall–Kier alpha value is -2.77. The number of amides is 1. The van der Waals surface area contributed by atoms with E-state index in [-0.39, 0.29) is 0 Å². The first-order chi connectivity index (χ1) is 13.1. The van der Waals surface area contributed by atoms with Crippen molar-refractivity contribution in [2.45, 2.75) is 25.4 Å². The number of rotatable bonds is 6. The van der Waals surface area contributed by atoms with Gasteiger partial charge in [-0.1, -0.05) is 30.3 Å². The molecule has 0 bridgehead atoms. The Morgan fingerprint density at radius 2 is 2.11 bits per heavy atom. The van der Waals surface area contributed by atoms with Gasteiger partial charge in [0, 0.05) is 25.3 Å². The van der Waals surface area contributed by atoms with Crippen molar-refractivity contribution >= 4 is 17.8 Å². The summed E-state index contributed by atoms with van der Waals surface area (Å²) in [5.41, 5.74) is 3.00. The molecular formula is C20H23FN4O2. The molecule has 6 nitrogen and oxygen atoms in total. The lowest BCUT2D eigenvalue weighted by Crippen LogP contribution is -2.41. The molecule has 1 aromatic carbocycles. The van der Waals surface area contributed by atoms with Gasteiger partial charge in [-0.25, -0.2) is 14.9 Å². The standard InChI is InChI=1S/C20H23FN4O2/c21-18(20(26)24-27)11-16-8-9-19(22-12-16)23-17-7-4-10-25(14-17)13-15-5-2-1-3-6-15/h1-3,5-6,8-9,11-12,17,27H,4,7,10,13-14H2,(H,22,23)(H,24,26)/b18-11+/t17-/m1/s1. The Morgan fingerprint density at radius 3 is 2.81 bits per heavy atom. The largest absolute Gasteiger partial charge is 0.366 e. The van der Waals surface area contributed by atoms with Crippen LogP contribution in [0.15, 0.2) is 54.5 Å². The first kappa shape index (κ1) is 19.0. The van der Waals surface area contributed by atoms with E-state index in [9.17, 15) is 9.18 Å². The van der Waals surface area contributed by atoms with Gasteiger partial charge >= 0.3 is 5.91 Å². The minimum Gasteiger partial charge on any atom is -0.366 e. The SMILES string of the molecule is O=C(NO)/C(F)=C\c1ccc(N[C@@H]2CCCN(Cc3ccccc3)C2)nc1. The van der Waals surface area contributed by atoms with E-state index in [1.54, 1.807) is 12.1 Å². The van der Waals surface area contributed by atoms with Crippen LogP contribution in [0.5, 0.6) is 0 Å². The summed E-state index contributed by atoms with van der Waals surface area (Å²) in [4.78, 5) is 17.7. The second kappa shape index (κ2) is 9.25. The number of likely N-dealkylation sites (tertiary alicyclic amines) is 1. The van der Waals surface area contributed by atoms with Gasteiger partial charge in [0.1, 0.15) is 5.82 Å². The van der Waals surface area contributed by atoms with Crippen molar-refractivity contribution in [1.29, 1.82) is 0 Å². The number of benzene rings is 1. The molecule has 0 radical (unpaired) electrons. The average molecular weight is 370 g/mol. The van der Waals surface area contributed by atoms with Crippen molar-refractivity contribution in [2.75, 3.05) is 18.4 Å². The number of hydroxylamine groups is 1. The summed E-state index contributed by atoms with van der Waals surface area (Å²) in [6.45, 7) is 2.95. The molecule has 1 aromatic heterocycles. The van der Waals surface area contributed by atoms with Crippen LogP contribution in [0.1, 0.15) is 24.0 Å². The highest BCUT2D eigenvalue weighted by Crippen LogP contribution is 2.18. The van der Waals surface area contributed by atoms with Gasteiger partial charge in [-0.15, -0.1) is 0 Å². The number of anilines is 1. The van der Waals surface area contributed by atoms with Crippen LogP contribution in [0, 0.1) is 0 Å². The first-order valence-electron chi connectivity index (χ1n) is 8.94. The smallest absolute Gasteiger partial charge is 0.303 e. The molecule has 142 valence electrons. The molecular weight excluding hydrogens is 347 g/mol. The molecule has 1 aliphatic heterocycles. The van der Waals surface area contributed by atoms with Crippen LogP contribution in [0.25, 0.3) is 6.08 Å². The van der Waals surface area contributed by atoms with Gasteiger partial charge in [0.25, 0.3) is 0 Å². The van der Waals surface area contributed by atoms with E-state index in [0.717, 1.165) is 38.6 Å². The summed E-state index contributed by atoms with van der Waals surface area (Å²) in [7, 11) is 0. The molecule has 3 rings (SSSR count). The van der Waals surface area contributed by atoms with Crippen molar-refractivity contribution in [3.63, 3.8) is 0 Å². The van der Waals surface area contributed by atoms with Crippen LogP contribution < -0.4 is 10.8 Å². The number of aromatic nitrogens is 1. The zero-order valence-corrected chi connectivity index (χ0v) is 14.9. The molecule has 27 heavy (non-hydrogen) atoms. The quantitative estimate of drug-likeness (QED) is 0.414. The van der Waals surface area contributed by atoms with Crippen molar-refractivity contribution in [2.24, 2.45) is 0 Å². The summed E-state index contributed by atoms with van der Waals surface area (Å²) in [5.74, 6) is -1.55. The normalized spacial score (nSPS) is 18.1. The molecule has 1 amide bonds. The third-order valence-corrected chi connectivity index (χ3v) is 4.50. The number of hydrogen-bond donors (Lipinski definition) is 3. The number of pyridine rings is 1. The van der Waals surface area contributed by atoms with Crippen LogP contribution >= 0.6 is 0 Å². The van der Waals surface area contributed by atoms with E-state index in [0.29, 0.717) is 17.4 Å². The number of carbonyl (C=O) groups is 1. The van der Waals surface area contributed by atoms with Gasteiger partial charge in [0.2, 0.25) is 0 Å². The van der Waals surface area contributed by atoms with Crippen LogP contribution in [-0.4, -0.2) is 40.1 Å². The lowest BCUT2D eigenvalue weighted by molar-refractivity contribution is -0.126. The molecule has 0 spiro atoms. The fourth-order valence-corrected chi connectivity index (χ4v) is 3.21. The predicted octanol–water partition coefficient (Wildman–Crippen LogP) is 2.97. The number of piperidine rings is 1. The highest BCUT2D eigenvalue weighted by atomic mass is 19.1. The lowest BCUT2D eigenvalue weighted by Gasteiger charge is -2.33. The van der Waals surface area contributed by atoms with Crippen molar-refractivity contribution in [3.8, 4) is 0 Å². The zero-order valence-electron chi connectivity index (χ0n) is 14.9. The summed E-state index contributed by atoms with van der Waals surface area (Å²) >= 11 is 0. The van der Waals surface area contributed by atoms with Gasteiger partial charge in [0.05, 0.1) is 0 Å². The Bertz CT molecular complexity index is 780. The van der Waals surface area contributed by atoms with E-state index in [2.05, 4.69) is 39.5 Å². The third kappa shape index (κ3) is 5.60. The number of halogens is 1. The van der Waals surface area contributed by atoms with Crippen molar-refractivity contribution in [3.05, 3.63) is 65.6 Å². The van der Waals surface area contributed by atoms with E-state index in [1.165, 1.54) is 17.2 Å². The molecule has 0 saturated carbocycles. The summed E-state index contributed by atoms with van der Waals surface area (Å²) in [6.07, 6.45) is 4.69. The fraction of sp³-hybridized carbons (Fsp3) is 0.300. The van der Waals surface area contributed by atoms with Crippen LogP contribution in [0.3, 0.4) is 0 Å². The van der Waals surface area contributed by atoms with Crippen LogP contribution in [-0.2, 0) is 11.3 Å². The molecule has 1 fully saturated rings. The highest BCUT2D eigenvalue weighted by Gasteiger charge is 2.20. The summed E-state index contributed by atoms with van der Waals surface area (Å²) < 4.78 is 13.4. The molecule has 2 aromatic rings. The second-order valence-corrected chi connectivity index (χ2v) is 6.61. The van der Waals surface area contributed by atoms with Crippen LogP contribution in [0.4, 0.5) is 10.2 Å². The van der Waals surface area contributed by atoms with Gasteiger partial charge < -0.3 is 5.32 Å². The molecule has 7 heteroatoms. The predicted molar refractivity (Wildman–Crippen MR) is 102 cm³/mol. The minimum absolute atomic E-state index is 0.299. The van der Waals surface area contributed by atoms with Gasteiger partial charge in [0.15, 0.2) is 5.83 Å². The fourth-order valence-electron chi connectivity index (χ4n) is 3.21. The molecule has 1 saturated heterocycles. The number of nitrogens with one attached hydrogen (secondary N) is 2. The zero-order chi connectivity index (χ0) is 19.1. The molecule has 2 heterocycles. The molecule has 0 unspecified atom stereocenters. The maximum atomic E-state index is 13.4. The summed E-state index contributed by atoms with van der Waals surface area (Å²) in [6, 6.07) is 14.1. The maximum absolute atomic E-state index is 13.4. The number of nitrogens with zero attached hydrogens (tertiary/aromatic N) is 2. The molecule has 0 aliphatic carbocycles. The van der Waals surface area contributed by atoms with E-state index in [4.69, 9.17) is 5.21 Å². The monoisotopic (exact) mass is 370 g/mol. The summed E-state index contributed by atoms with van der Waals surface area (Å²) in [5, 5.41) is 11.8. The molecule has 1 atom stereocenters. The maximum Gasteiger partial charge on any atom is 0.303 e. The topological polar surface area (TPSA) is 77.5 Å². The first-order valence-corrected chi connectivity index (χ1v) is 8.94. The van der Waals surface area contributed by atoms with E-state index >= 15 is 0 Å². The third-order valence-electron chi connectivity index (χ3n) is 4.50. The van der Waals surface area contributed by atoms with Gasteiger partial charge in [-0.2, -0.15) is 0 Å². The van der Waals surface area contributed by atoms with Crippen molar-refractivity contribution < 1.29 is 14.4 Å². The average Bonchev–Trinajstić information content (AvgIpc) is 2.70. The number of hydrogen-bond acceptors (Lipinski definition) is 5. The second-order valence-electron chi connectivity index (χ2n) is 6.61. The van der Waals surface area contributed by atoms with Gasteiger partial charge in [-0.05, 0) is 48.7 Å². The number of carbonyl (C=O) groups excluding carboxylic acids is 1. The lowest BCUT2D eigenvalue weighted by atomic mass is 10.0. The Kier molecular flexibility index (Phi) is 6.51. The minimum atomic E-state index is -1.18. The van der Waals surface area contributed by atoms with E-state index < -0.39 is 11.7 Å². The van der Waals surface area contributed by atoms with E-state index in [1.807, 2.05) is 6.07 Å². The van der Waals surface area contributed by atoms with Crippen LogP contribution in [0.2, 0.25) is 0 Å². The van der Waals surface area contributed by atoms with Gasteiger partial charge in [-0.3, -0.25) is 14.9 Å². The highest BCUT2D eigenvalue weighted by molar-refractivity contribution is 5.94. The molecule has 3 N–H and O–H groups in total. The Balaban J connectivity index is 1.56.